The van der Waals surface area contributed by atoms with Gasteiger partial charge >= 0.3 is 6.03 Å². The fraction of sp³-hybridized carbons (Fsp3) is 0.235. The number of pyridine rings is 1. The molecule has 0 saturated carbocycles. The minimum atomic E-state index is -0.390. The molecular formula is C17H17BrN4O3. The summed E-state index contributed by atoms with van der Waals surface area (Å²) < 4.78 is 11.0. The van der Waals surface area contributed by atoms with Crippen molar-refractivity contribution in [3.63, 3.8) is 0 Å². The van der Waals surface area contributed by atoms with Gasteiger partial charge in [-0.25, -0.2) is 9.78 Å². The summed E-state index contributed by atoms with van der Waals surface area (Å²) in [5.74, 6) is 1.61. The monoisotopic (exact) mass is 404 g/mol. The molecule has 0 aliphatic carbocycles. The third kappa shape index (κ3) is 5.09. The SMILES string of the molecule is COc1ccc(CCNC(=O)Nc2cc(C#N)c(Br)cn2)cc1OC. The number of carbonyl (C=O) groups excluding carboxylic acids is 1. The number of urea groups is 1. The first-order valence-electron chi connectivity index (χ1n) is 7.38. The van der Waals surface area contributed by atoms with Crippen molar-refractivity contribution in [3.05, 3.63) is 46.1 Å². The second kappa shape index (κ2) is 8.89. The predicted octanol–water partition coefficient (Wildman–Crippen LogP) is 3.10. The number of aromatic nitrogens is 1. The smallest absolute Gasteiger partial charge is 0.320 e. The zero-order valence-corrected chi connectivity index (χ0v) is 15.4. The Hall–Kier alpha value is -2.79. The molecule has 2 amide bonds. The molecular weight excluding hydrogens is 388 g/mol. The predicted molar refractivity (Wildman–Crippen MR) is 96.9 cm³/mol. The van der Waals surface area contributed by atoms with Crippen LogP contribution in [0.3, 0.4) is 0 Å². The minimum absolute atomic E-state index is 0.309. The fourth-order valence-electron chi connectivity index (χ4n) is 2.11. The molecule has 8 heteroatoms. The highest BCUT2D eigenvalue weighted by Gasteiger charge is 2.07. The number of methoxy groups -OCH3 is 2. The lowest BCUT2D eigenvalue weighted by Gasteiger charge is -2.10. The number of hydrogen-bond donors (Lipinski definition) is 2. The van der Waals surface area contributed by atoms with E-state index in [1.54, 1.807) is 14.2 Å². The maximum Gasteiger partial charge on any atom is 0.320 e. The standard InChI is InChI=1S/C17H17BrN4O3/c1-24-14-4-3-11(7-15(14)25-2)5-6-20-17(23)22-16-8-12(9-19)13(18)10-21-16/h3-4,7-8,10H,5-6H2,1-2H3,(H2,20,21,22,23). The van der Waals surface area contributed by atoms with E-state index in [0.717, 1.165) is 5.56 Å². The Labute approximate surface area is 154 Å². The Morgan fingerprint density at radius 1 is 1.28 bits per heavy atom. The van der Waals surface area contributed by atoms with E-state index in [2.05, 4.69) is 31.5 Å². The van der Waals surface area contributed by atoms with Crippen LogP contribution in [0.2, 0.25) is 0 Å². The van der Waals surface area contributed by atoms with E-state index in [9.17, 15) is 4.79 Å². The summed E-state index contributed by atoms with van der Waals surface area (Å²) in [5, 5.41) is 14.3. The van der Waals surface area contributed by atoms with E-state index in [1.807, 2.05) is 24.3 Å². The molecule has 1 heterocycles. The van der Waals surface area contributed by atoms with Gasteiger partial charge in [-0.05, 0) is 46.1 Å². The van der Waals surface area contributed by atoms with Crippen molar-refractivity contribution in [2.24, 2.45) is 0 Å². The van der Waals surface area contributed by atoms with Gasteiger partial charge in [0.05, 0.1) is 24.3 Å². The number of nitrogens with zero attached hydrogens (tertiary/aromatic N) is 2. The molecule has 0 radical (unpaired) electrons. The van der Waals surface area contributed by atoms with Crippen LogP contribution >= 0.6 is 15.9 Å². The van der Waals surface area contributed by atoms with Crippen LogP contribution in [0.1, 0.15) is 11.1 Å². The first kappa shape index (κ1) is 18.5. The third-order valence-corrected chi connectivity index (χ3v) is 4.00. The average Bonchev–Trinajstić information content (AvgIpc) is 2.63. The Morgan fingerprint density at radius 3 is 2.72 bits per heavy atom. The van der Waals surface area contributed by atoms with Crippen molar-refractivity contribution >= 4 is 27.8 Å². The van der Waals surface area contributed by atoms with Gasteiger partial charge in [-0.3, -0.25) is 5.32 Å². The van der Waals surface area contributed by atoms with Gasteiger partial charge in [-0.1, -0.05) is 6.07 Å². The van der Waals surface area contributed by atoms with E-state index in [0.29, 0.717) is 40.3 Å². The molecule has 2 N–H and O–H groups in total. The van der Waals surface area contributed by atoms with E-state index in [4.69, 9.17) is 14.7 Å². The van der Waals surface area contributed by atoms with Gasteiger partial charge in [0.25, 0.3) is 0 Å². The van der Waals surface area contributed by atoms with E-state index in [1.165, 1.54) is 12.3 Å². The fourth-order valence-corrected chi connectivity index (χ4v) is 2.42. The normalized spacial score (nSPS) is 9.84. The molecule has 0 aliphatic rings. The second-order valence-corrected chi connectivity index (χ2v) is 5.84. The van der Waals surface area contributed by atoms with E-state index < -0.39 is 0 Å². The van der Waals surface area contributed by atoms with Crippen molar-refractivity contribution in [2.75, 3.05) is 26.1 Å². The molecule has 0 fully saturated rings. The van der Waals surface area contributed by atoms with E-state index in [-0.39, 0.29) is 6.03 Å². The number of hydrogen-bond acceptors (Lipinski definition) is 5. The molecule has 7 nitrogen and oxygen atoms in total. The van der Waals surface area contributed by atoms with Gasteiger partial charge in [-0.15, -0.1) is 0 Å². The third-order valence-electron chi connectivity index (χ3n) is 3.36. The van der Waals surface area contributed by atoms with E-state index >= 15 is 0 Å². The van der Waals surface area contributed by atoms with Gasteiger partial charge < -0.3 is 14.8 Å². The quantitative estimate of drug-likeness (QED) is 0.770. The zero-order chi connectivity index (χ0) is 18.2. The van der Waals surface area contributed by atoms with Crippen LogP contribution in [-0.2, 0) is 6.42 Å². The number of benzene rings is 1. The number of anilines is 1. The van der Waals surface area contributed by atoms with Crippen molar-refractivity contribution in [1.29, 1.82) is 5.26 Å². The first-order chi connectivity index (χ1) is 12.1. The van der Waals surface area contributed by atoms with Crippen molar-refractivity contribution < 1.29 is 14.3 Å². The number of halogens is 1. The number of ether oxygens (including phenoxy) is 2. The van der Waals surface area contributed by atoms with Gasteiger partial charge in [-0.2, -0.15) is 5.26 Å². The van der Waals surface area contributed by atoms with Crippen molar-refractivity contribution in [3.8, 4) is 17.6 Å². The molecule has 0 unspecified atom stereocenters. The number of nitrogens with one attached hydrogen (secondary N) is 2. The summed E-state index contributed by atoms with van der Waals surface area (Å²) in [6.45, 7) is 0.433. The highest BCUT2D eigenvalue weighted by Crippen LogP contribution is 2.27. The summed E-state index contributed by atoms with van der Waals surface area (Å²) in [6.07, 6.45) is 2.10. The molecule has 0 bridgehead atoms. The van der Waals surface area contributed by atoms with Gasteiger partial charge in [0.2, 0.25) is 0 Å². The molecule has 1 aromatic heterocycles. The maximum atomic E-state index is 11.9. The number of amides is 2. The van der Waals surface area contributed by atoms with Crippen molar-refractivity contribution in [2.45, 2.75) is 6.42 Å². The maximum absolute atomic E-state index is 11.9. The molecule has 2 aromatic rings. The lowest BCUT2D eigenvalue weighted by Crippen LogP contribution is -2.30. The summed E-state index contributed by atoms with van der Waals surface area (Å²) in [4.78, 5) is 15.9. The number of nitriles is 1. The van der Waals surface area contributed by atoms with Crippen LogP contribution < -0.4 is 20.1 Å². The lowest BCUT2D eigenvalue weighted by molar-refractivity contribution is 0.252. The van der Waals surface area contributed by atoms with Crippen LogP contribution in [0.4, 0.5) is 10.6 Å². The summed E-state index contributed by atoms with van der Waals surface area (Å²) in [5.41, 5.74) is 1.40. The lowest BCUT2D eigenvalue weighted by atomic mass is 10.1. The summed E-state index contributed by atoms with van der Waals surface area (Å²) in [7, 11) is 3.16. The topological polar surface area (TPSA) is 96.3 Å². The highest BCUT2D eigenvalue weighted by molar-refractivity contribution is 9.10. The van der Waals surface area contributed by atoms with Crippen LogP contribution in [0.15, 0.2) is 34.9 Å². The Morgan fingerprint density at radius 2 is 2.04 bits per heavy atom. The van der Waals surface area contributed by atoms with Crippen LogP contribution in [0.25, 0.3) is 0 Å². The molecule has 130 valence electrons. The van der Waals surface area contributed by atoms with Gasteiger partial charge in [0, 0.05) is 12.7 Å². The number of carbonyl (C=O) groups is 1. The van der Waals surface area contributed by atoms with Crippen molar-refractivity contribution in [1.82, 2.24) is 10.3 Å². The van der Waals surface area contributed by atoms with Crippen LogP contribution in [0, 0.1) is 11.3 Å². The molecule has 2 rings (SSSR count). The largest absolute Gasteiger partial charge is 0.493 e. The Bertz CT molecular complexity index is 805. The molecule has 25 heavy (non-hydrogen) atoms. The van der Waals surface area contributed by atoms with Crippen LogP contribution in [0.5, 0.6) is 11.5 Å². The Kier molecular flexibility index (Phi) is 6.60. The van der Waals surface area contributed by atoms with Crippen LogP contribution in [-0.4, -0.2) is 31.8 Å². The van der Waals surface area contributed by atoms with Gasteiger partial charge in [0.15, 0.2) is 11.5 Å². The summed E-state index contributed by atoms with van der Waals surface area (Å²) in [6, 6.07) is 8.73. The molecule has 0 atom stereocenters. The second-order valence-electron chi connectivity index (χ2n) is 4.98. The molecule has 0 spiro atoms. The number of rotatable bonds is 6. The van der Waals surface area contributed by atoms with Gasteiger partial charge in [0.1, 0.15) is 11.9 Å². The molecule has 0 saturated heterocycles. The summed E-state index contributed by atoms with van der Waals surface area (Å²) >= 11 is 3.21. The first-order valence-corrected chi connectivity index (χ1v) is 8.18. The Balaban J connectivity index is 1.87. The molecule has 1 aromatic carbocycles. The highest BCUT2D eigenvalue weighted by atomic mass is 79.9. The minimum Gasteiger partial charge on any atom is -0.493 e. The average molecular weight is 405 g/mol. The molecule has 0 aliphatic heterocycles. The zero-order valence-electron chi connectivity index (χ0n) is 13.8.